The molecular weight excluding hydrogens is 308 g/mol. The third-order valence-electron chi connectivity index (χ3n) is 3.89. The molecular formula is C17H26N4O3. The Bertz CT molecular complexity index is 544. The molecule has 7 heteroatoms. The maximum atomic E-state index is 12.2. The minimum atomic E-state index is -0.244. The molecule has 1 fully saturated rings. The molecule has 0 spiro atoms. The molecule has 2 heterocycles. The molecule has 1 aromatic rings. The summed E-state index contributed by atoms with van der Waals surface area (Å²) in [5.74, 6) is -0.431. The Labute approximate surface area is 142 Å². The molecule has 132 valence electrons. The summed E-state index contributed by atoms with van der Waals surface area (Å²) < 4.78 is 5.29. The average Bonchev–Trinajstić information content (AvgIpc) is 2.63. The van der Waals surface area contributed by atoms with Gasteiger partial charge in [0, 0.05) is 44.5 Å². The van der Waals surface area contributed by atoms with Gasteiger partial charge in [-0.05, 0) is 18.6 Å². The molecule has 0 radical (unpaired) electrons. The fourth-order valence-electron chi connectivity index (χ4n) is 2.42. The molecule has 2 N–H and O–H groups in total. The van der Waals surface area contributed by atoms with Crippen LogP contribution in [0.3, 0.4) is 0 Å². The number of nitrogens with one attached hydrogen (secondary N) is 2. The maximum Gasteiger partial charge on any atom is 0.269 e. The van der Waals surface area contributed by atoms with Crippen LogP contribution in [-0.2, 0) is 4.74 Å². The Morgan fingerprint density at radius 1 is 1.21 bits per heavy atom. The highest BCUT2D eigenvalue weighted by Gasteiger charge is 2.13. The van der Waals surface area contributed by atoms with Gasteiger partial charge < -0.3 is 15.4 Å². The van der Waals surface area contributed by atoms with Crippen LogP contribution in [0.4, 0.5) is 0 Å². The number of carbonyl (C=O) groups is 2. The highest BCUT2D eigenvalue weighted by Crippen LogP contribution is 2.03. The van der Waals surface area contributed by atoms with Gasteiger partial charge in [0.05, 0.1) is 13.2 Å². The SMILES string of the molecule is CCCCNC(=O)c1cc(C(=O)NCCN2CCOCC2)ccn1. The summed E-state index contributed by atoms with van der Waals surface area (Å²) >= 11 is 0. The highest BCUT2D eigenvalue weighted by atomic mass is 16.5. The average molecular weight is 334 g/mol. The number of rotatable bonds is 8. The summed E-state index contributed by atoms with van der Waals surface area (Å²) in [5.41, 5.74) is 0.722. The van der Waals surface area contributed by atoms with E-state index in [1.54, 1.807) is 6.07 Å². The number of hydrogen-bond acceptors (Lipinski definition) is 5. The van der Waals surface area contributed by atoms with Crippen LogP contribution < -0.4 is 10.6 Å². The standard InChI is InChI=1S/C17H26N4O3/c1-2-3-5-19-17(23)15-13-14(4-6-18-15)16(22)20-7-8-21-9-11-24-12-10-21/h4,6,13H,2-3,5,7-12H2,1H3,(H,19,23)(H,20,22). The lowest BCUT2D eigenvalue weighted by Gasteiger charge is -2.26. The monoisotopic (exact) mass is 334 g/mol. The number of unbranched alkanes of at least 4 members (excludes halogenated alkanes) is 1. The number of nitrogens with zero attached hydrogens (tertiary/aromatic N) is 2. The van der Waals surface area contributed by atoms with Gasteiger partial charge in [-0.1, -0.05) is 13.3 Å². The van der Waals surface area contributed by atoms with E-state index >= 15 is 0 Å². The third-order valence-corrected chi connectivity index (χ3v) is 3.89. The second-order valence-corrected chi connectivity index (χ2v) is 5.75. The number of morpholine rings is 1. The fourth-order valence-corrected chi connectivity index (χ4v) is 2.42. The Morgan fingerprint density at radius 2 is 1.96 bits per heavy atom. The summed E-state index contributed by atoms with van der Waals surface area (Å²) in [6, 6.07) is 3.15. The van der Waals surface area contributed by atoms with Gasteiger partial charge in [0.15, 0.2) is 0 Å². The molecule has 1 saturated heterocycles. The fraction of sp³-hybridized carbons (Fsp3) is 0.588. The minimum absolute atomic E-state index is 0.187. The van der Waals surface area contributed by atoms with Crippen LogP contribution >= 0.6 is 0 Å². The van der Waals surface area contributed by atoms with Gasteiger partial charge in [-0.2, -0.15) is 0 Å². The van der Waals surface area contributed by atoms with E-state index in [4.69, 9.17) is 4.74 Å². The van der Waals surface area contributed by atoms with E-state index in [1.165, 1.54) is 12.3 Å². The van der Waals surface area contributed by atoms with Gasteiger partial charge in [0.1, 0.15) is 5.69 Å². The first-order valence-electron chi connectivity index (χ1n) is 8.53. The molecule has 0 atom stereocenters. The van der Waals surface area contributed by atoms with E-state index in [2.05, 4.69) is 27.4 Å². The van der Waals surface area contributed by atoms with Gasteiger partial charge in [0.25, 0.3) is 11.8 Å². The van der Waals surface area contributed by atoms with Gasteiger partial charge in [-0.3, -0.25) is 19.5 Å². The van der Waals surface area contributed by atoms with E-state index in [-0.39, 0.29) is 17.5 Å². The van der Waals surface area contributed by atoms with E-state index in [0.29, 0.717) is 18.7 Å². The second kappa shape index (κ2) is 10.00. The zero-order chi connectivity index (χ0) is 17.2. The van der Waals surface area contributed by atoms with Crippen molar-refractivity contribution in [3.63, 3.8) is 0 Å². The van der Waals surface area contributed by atoms with Gasteiger partial charge in [-0.15, -0.1) is 0 Å². The van der Waals surface area contributed by atoms with Crippen molar-refractivity contribution in [2.75, 3.05) is 45.9 Å². The van der Waals surface area contributed by atoms with E-state index in [0.717, 1.165) is 45.7 Å². The molecule has 1 aliphatic rings. The van der Waals surface area contributed by atoms with E-state index < -0.39 is 0 Å². The van der Waals surface area contributed by atoms with Crippen LogP contribution in [0, 0.1) is 0 Å². The van der Waals surface area contributed by atoms with Crippen molar-refractivity contribution in [1.82, 2.24) is 20.5 Å². The predicted molar refractivity (Wildman–Crippen MR) is 91.1 cm³/mol. The van der Waals surface area contributed by atoms with Gasteiger partial charge >= 0.3 is 0 Å². The summed E-state index contributed by atoms with van der Waals surface area (Å²) in [6.45, 7) is 7.33. The van der Waals surface area contributed by atoms with Gasteiger partial charge in [0.2, 0.25) is 0 Å². The molecule has 0 saturated carbocycles. The van der Waals surface area contributed by atoms with Crippen molar-refractivity contribution in [2.45, 2.75) is 19.8 Å². The minimum Gasteiger partial charge on any atom is -0.379 e. The van der Waals surface area contributed by atoms with Crippen LogP contribution in [0.15, 0.2) is 18.3 Å². The summed E-state index contributed by atoms with van der Waals surface area (Å²) in [6.07, 6.45) is 3.43. The molecule has 2 rings (SSSR count). The van der Waals surface area contributed by atoms with Gasteiger partial charge in [-0.25, -0.2) is 0 Å². The number of carbonyl (C=O) groups excluding carboxylic acids is 2. The molecule has 0 unspecified atom stereocenters. The zero-order valence-electron chi connectivity index (χ0n) is 14.2. The number of hydrogen-bond donors (Lipinski definition) is 2. The highest BCUT2D eigenvalue weighted by molar-refractivity contribution is 5.98. The zero-order valence-corrected chi connectivity index (χ0v) is 14.2. The Balaban J connectivity index is 1.80. The summed E-state index contributed by atoms with van der Waals surface area (Å²) in [7, 11) is 0. The number of amides is 2. The van der Waals surface area contributed by atoms with Crippen LogP contribution in [0.5, 0.6) is 0 Å². The molecule has 0 bridgehead atoms. The molecule has 2 amide bonds. The normalized spacial score (nSPS) is 15.0. The van der Waals surface area contributed by atoms with Crippen LogP contribution in [0.25, 0.3) is 0 Å². The van der Waals surface area contributed by atoms with Crippen LogP contribution in [-0.4, -0.2) is 67.6 Å². The molecule has 7 nitrogen and oxygen atoms in total. The Hall–Kier alpha value is -1.99. The van der Waals surface area contributed by atoms with Crippen molar-refractivity contribution in [3.8, 4) is 0 Å². The number of ether oxygens (including phenoxy) is 1. The third kappa shape index (κ3) is 5.90. The molecule has 0 aromatic carbocycles. The first-order valence-corrected chi connectivity index (χ1v) is 8.53. The lowest BCUT2D eigenvalue weighted by atomic mass is 10.2. The largest absolute Gasteiger partial charge is 0.379 e. The van der Waals surface area contributed by atoms with Crippen molar-refractivity contribution < 1.29 is 14.3 Å². The summed E-state index contributed by atoms with van der Waals surface area (Å²) in [5, 5.41) is 5.68. The maximum absolute atomic E-state index is 12.2. The van der Waals surface area contributed by atoms with Crippen LogP contribution in [0.2, 0.25) is 0 Å². The quantitative estimate of drug-likeness (QED) is 0.683. The number of aromatic nitrogens is 1. The molecule has 0 aliphatic carbocycles. The number of pyridine rings is 1. The smallest absolute Gasteiger partial charge is 0.269 e. The van der Waals surface area contributed by atoms with E-state index in [1.807, 2.05) is 0 Å². The molecule has 1 aromatic heterocycles. The Kier molecular flexibility index (Phi) is 7.64. The van der Waals surface area contributed by atoms with E-state index in [9.17, 15) is 9.59 Å². The first kappa shape index (κ1) is 18.4. The molecule has 1 aliphatic heterocycles. The summed E-state index contributed by atoms with van der Waals surface area (Å²) in [4.78, 5) is 30.5. The van der Waals surface area contributed by atoms with Crippen LogP contribution in [0.1, 0.15) is 40.6 Å². The first-order chi connectivity index (χ1) is 11.7. The van der Waals surface area contributed by atoms with Crippen molar-refractivity contribution in [2.24, 2.45) is 0 Å². The predicted octanol–water partition coefficient (Wildman–Crippen LogP) is 0.674. The second-order valence-electron chi connectivity index (χ2n) is 5.75. The van der Waals surface area contributed by atoms with Crippen molar-refractivity contribution in [1.29, 1.82) is 0 Å². The van der Waals surface area contributed by atoms with Crippen molar-refractivity contribution >= 4 is 11.8 Å². The molecule has 24 heavy (non-hydrogen) atoms. The lowest BCUT2D eigenvalue weighted by molar-refractivity contribution is 0.0383. The van der Waals surface area contributed by atoms with Crippen molar-refractivity contribution in [3.05, 3.63) is 29.6 Å². The lowest BCUT2D eigenvalue weighted by Crippen LogP contribution is -2.41. The topological polar surface area (TPSA) is 83.6 Å². The Morgan fingerprint density at radius 3 is 2.71 bits per heavy atom.